The van der Waals surface area contributed by atoms with Gasteiger partial charge in [-0.25, -0.2) is 4.79 Å². The van der Waals surface area contributed by atoms with Crippen molar-refractivity contribution in [1.29, 1.82) is 0 Å². The van der Waals surface area contributed by atoms with E-state index in [4.69, 9.17) is 4.42 Å². The first-order chi connectivity index (χ1) is 16.8. The Bertz CT molecular complexity index is 1930. The van der Waals surface area contributed by atoms with Gasteiger partial charge in [0.1, 0.15) is 5.58 Å². The molecule has 0 aliphatic carbocycles. The Labute approximate surface area is 195 Å². The molecule has 0 radical (unpaired) electrons. The highest BCUT2D eigenvalue weighted by molar-refractivity contribution is 6.12. The van der Waals surface area contributed by atoms with Crippen LogP contribution in [0.2, 0.25) is 0 Å². The molecule has 2 aromatic heterocycles. The van der Waals surface area contributed by atoms with Gasteiger partial charge in [-0.2, -0.15) is 0 Å². The van der Waals surface area contributed by atoms with E-state index < -0.39 is 0 Å². The number of hydrogen-bond donors (Lipinski definition) is 0. The quantitative estimate of drug-likeness (QED) is 0.205. The van der Waals surface area contributed by atoms with Crippen molar-refractivity contribution in [3.63, 3.8) is 0 Å². The number of para-hydroxylation sites is 3. The second-order valence-corrected chi connectivity index (χ2v) is 8.54. The highest BCUT2D eigenvalue weighted by atomic mass is 16.4. The van der Waals surface area contributed by atoms with Crippen molar-refractivity contribution in [2.45, 2.75) is 0 Å². The Morgan fingerprint density at radius 1 is 0.529 bits per heavy atom. The van der Waals surface area contributed by atoms with E-state index >= 15 is 0 Å². The Morgan fingerprint density at radius 2 is 1.21 bits per heavy atom. The van der Waals surface area contributed by atoms with Crippen LogP contribution in [0.25, 0.3) is 60.4 Å². The van der Waals surface area contributed by atoms with E-state index in [1.807, 2.05) is 48.5 Å². The summed E-state index contributed by atoms with van der Waals surface area (Å²) in [7, 11) is 0. The Balaban J connectivity index is 1.55. The molecular formula is C31H19NO2. The van der Waals surface area contributed by atoms with Crippen LogP contribution < -0.4 is 5.63 Å². The second-order valence-electron chi connectivity index (χ2n) is 8.54. The maximum atomic E-state index is 12.8. The molecule has 5 aromatic carbocycles. The van der Waals surface area contributed by atoms with Gasteiger partial charge < -0.3 is 8.98 Å². The first-order valence-electron chi connectivity index (χ1n) is 11.3. The summed E-state index contributed by atoms with van der Waals surface area (Å²) < 4.78 is 8.17. The highest BCUT2D eigenvalue weighted by Crippen LogP contribution is 2.37. The molecular weight excluding hydrogens is 418 g/mol. The van der Waals surface area contributed by atoms with E-state index in [0.717, 1.165) is 44.0 Å². The summed E-state index contributed by atoms with van der Waals surface area (Å²) >= 11 is 0. The van der Waals surface area contributed by atoms with Crippen LogP contribution in [-0.4, -0.2) is 4.57 Å². The van der Waals surface area contributed by atoms with Crippen LogP contribution in [-0.2, 0) is 0 Å². The topological polar surface area (TPSA) is 35.1 Å². The van der Waals surface area contributed by atoms with Crippen molar-refractivity contribution in [1.82, 2.24) is 4.57 Å². The summed E-state index contributed by atoms with van der Waals surface area (Å²) in [4.78, 5) is 12.8. The SMILES string of the molecule is O=c1oc2c(-c3ccc4c(c3)c3ccccc3n4-c3ccccc3)cccc2c2ccccc12. The van der Waals surface area contributed by atoms with Crippen LogP contribution in [0, 0.1) is 0 Å². The number of benzene rings is 5. The molecule has 0 aliphatic rings. The molecule has 0 fully saturated rings. The molecule has 3 nitrogen and oxygen atoms in total. The van der Waals surface area contributed by atoms with E-state index in [2.05, 4.69) is 71.3 Å². The number of aromatic nitrogens is 1. The van der Waals surface area contributed by atoms with Crippen LogP contribution in [0.1, 0.15) is 0 Å². The molecule has 2 heterocycles. The van der Waals surface area contributed by atoms with Gasteiger partial charge in [0, 0.05) is 27.4 Å². The Hall–Kier alpha value is -4.63. The Kier molecular flexibility index (Phi) is 4.00. The number of nitrogens with zero attached hydrogens (tertiary/aromatic N) is 1. The fourth-order valence-corrected chi connectivity index (χ4v) is 5.13. The monoisotopic (exact) mass is 437 g/mol. The lowest BCUT2D eigenvalue weighted by atomic mass is 9.98. The van der Waals surface area contributed by atoms with E-state index in [-0.39, 0.29) is 5.63 Å². The molecule has 7 aromatic rings. The van der Waals surface area contributed by atoms with Crippen molar-refractivity contribution in [3.05, 3.63) is 126 Å². The van der Waals surface area contributed by atoms with Gasteiger partial charge in [0.25, 0.3) is 0 Å². The molecule has 0 aliphatic heterocycles. The van der Waals surface area contributed by atoms with Gasteiger partial charge in [0.2, 0.25) is 0 Å². The largest absolute Gasteiger partial charge is 0.422 e. The van der Waals surface area contributed by atoms with E-state index in [9.17, 15) is 4.79 Å². The maximum Gasteiger partial charge on any atom is 0.344 e. The summed E-state index contributed by atoms with van der Waals surface area (Å²) in [5, 5.41) is 4.82. The molecule has 0 unspecified atom stereocenters. The first kappa shape index (κ1) is 18.9. The van der Waals surface area contributed by atoms with Crippen LogP contribution in [0.5, 0.6) is 0 Å². The van der Waals surface area contributed by atoms with Crippen molar-refractivity contribution in [2.75, 3.05) is 0 Å². The summed E-state index contributed by atoms with van der Waals surface area (Å²) in [5.41, 5.74) is 5.68. The van der Waals surface area contributed by atoms with Gasteiger partial charge >= 0.3 is 5.63 Å². The molecule has 0 atom stereocenters. The lowest BCUT2D eigenvalue weighted by Crippen LogP contribution is -2.00. The van der Waals surface area contributed by atoms with E-state index in [1.54, 1.807) is 0 Å². The third-order valence-corrected chi connectivity index (χ3v) is 6.64. The van der Waals surface area contributed by atoms with Crippen molar-refractivity contribution in [3.8, 4) is 16.8 Å². The molecule has 34 heavy (non-hydrogen) atoms. The predicted molar refractivity (Wildman–Crippen MR) is 140 cm³/mol. The van der Waals surface area contributed by atoms with Gasteiger partial charge in [0.05, 0.1) is 16.4 Å². The Morgan fingerprint density at radius 3 is 2.06 bits per heavy atom. The van der Waals surface area contributed by atoms with Crippen molar-refractivity contribution >= 4 is 43.5 Å². The highest BCUT2D eigenvalue weighted by Gasteiger charge is 2.15. The summed E-state index contributed by atoms with van der Waals surface area (Å²) in [6.07, 6.45) is 0. The van der Waals surface area contributed by atoms with Gasteiger partial charge in [-0.3, -0.25) is 0 Å². The zero-order valence-electron chi connectivity index (χ0n) is 18.2. The minimum absolute atomic E-state index is 0.308. The normalized spacial score (nSPS) is 11.6. The van der Waals surface area contributed by atoms with Crippen LogP contribution in [0.4, 0.5) is 0 Å². The molecule has 3 heteroatoms. The first-order valence-corrected chi connectivity index (χ1v) is 11.3. The lowest BCUT2D eigenvalue weighted by molar-refractivity contribution is 0.570. The minimum Gasteiger partial charge on any atom is -0.422 e. The predicted octanol–water partition coefficient (Wildman–Crippen LogP) is 7.71. The average molecular weight is 437 g/mol. The molecule has 0 bridgehead atoms. The van der Waals surface area contributed by atoms with Crippen LogP contribution >= 0.6 is 0 Å². The minimum atomic E-state index is -0.308. The zero-order chi connectivity index (χ0) is 22.6. The third kappa shape index (κ3) is 2.67. The molecule has 0 saturated heterocycles. The zero-order valence-corrected chi connectivity index (χ0v) is 18.2. The third-order valence-electron chi connectivity index (χ3n) is 6.64. The van der Waals surface area contributed by atoms with Gasteiger partial charge in [-0.05, 0) is 47.3 Å². The number of rotatable bonds is 2. The fourth-order valence-electron chi connectivity index (χ4n) is 5.13. The summed E-state index contributed by atoms with van der Waals surface area (Å²) in [6, 6.07) is 39.1. The van der Waals surface area contributed by atoms with Crippen LogP contribution in [0.15, 0.2) is 124 Å². The molecule has 0 N–H and O–H groups in total. The van der Waals surface area contributed by atoms with Gasteiger partial charge in [-0.15, -0.1) is 0 Å². The van der Waals surface area contributed by atoms with Crippen molar-refractivity contribution in [2.24, 2.45) is 0 Å². The standard InChI is InChI=1S/C31H19NO2/c33-31-26-13-5-4-11-23(26)25-15-8-14-22(30(25)34-31)20-17-18-29-27(19-20)24-12-6-7-16-28(24)32(29)21-9-2-1-3-10-21/h1-19H. The fraction of sp³-hybridized carbons (Fsp3) is 0. The average Bonchev–Trinajstić information content (AvgIpc) is 3.23. The molecule has 0 amide bonds. The second kappa shape index (κ2) is 7.19. The van der Waals surface area contributed by atoms with Crippen LogP contribution in [0.3, 0.4) is 0 Å². The smallest absolute Gasteiger partial charge is 0.344 e. The summed E-state index contributed by atoms with van der Waals surface area (Å²) in [6.45, 7) is 0. The lowest BCUT2D eigenvalue weighted by Gasteiger charge is -2.10. The molecule has 160 valence electrons. The van der Waals surface area contributed by atoms with Gasteiger partial charge in [0.15, 0.2) is 0 Å². The summed E-state index contributed by atoms with van der Waals surface area (Å²) in [5.74, 6) is 0. The molecule has 7 rings (SSSR count). The molecule has 0 saturated carbocycles. The van der Waals surface area contributed by atoms with E-state index in [0.29, 0.717) is 11.0 Å². The maximum absolute atomic E-state index is 12.8. The van der Waals surface area contributed by atoms with Crippen molar-refractivity contribution < 1.29 is 4.42 Å². The van der Waals surface area contributed by atoms with Gasteiger partial charge in [-0.1, -0.05) is 78.9 Å². The number of fused-ring (bicyclic) bond motifs is 6. The van der Waals surface area contributed by atoms with E-state index in [1.165, 1.54) is 5.39 Å². The molecule has 0 spiro atoms. The number of hydrogen-bond acceptors (Lipinski definition) is 2.